The molecule has 0 bridgehead atoms. The standard InChI is InChI=1S/C72H117NO8/c1-6-8-10-12-14-16-18-20-22-24-25-26-27-28-29-30-31-32-33-34-35-36-37-38-39-40-41-42-43-44-45-47-49-51-53-55-57-59-61-63-70(75)81-68(67-80-72(71(76)77)78-65-64-73(3,4)5)66-79-69(74)62-60-58-56-54-52-50-48-46-23-21-19-17-15-13-11-9-7-2/h8-11,14-17,20-23,25-26,28-29,31-32,34-35,37-38,40-41,68,72H,6-7,12-13,18-19,24,27,30,33,36,39,42-67H2,1-5H3/p+1/b10-8-,11-9-,16-14-,17-15-,22-20-,23-21-,26-25-,29-28-,32-31-,35-34-,38-37-,41-40-. The fourth-order valence-corrected chi connectivity index (χ4v) is 8.26. The van der Waals surface area contributed by atoms with E-state index in [1.807, 2.05) is 21.1 Å². The predicted molar refractivity (Wildman–Crippen MR) is 345 cm³/mol. The molecule has 0 saturated heterocycles. The molecule has 0 amide bonds. The van der Waals surface area contributed by atoms with E-state index < -0.39 is 24.3 Å². The SMILES string of the molecule is CC/C=C\C/C=C\C/C=C\C/C=C\C/C=C\C/C=C\C/C=C\C/C=C\C/C=C\CCCCCCCCCCCCCC(=O)OC(COC(=O)CCCCCCCCC/C=C\C/C=C\C/C=C\CC)COC(OCC[N+](C)(C)C)C(=O)O. The summed E-state index contributed by atoms with van der Waals surface area (Å²) >= 11 is 0. The number of hydrogen-bond donors (Lipinski definition) is 1. The van der Waals surface area contributed by atoms with Gasteiger partial charge in [-0.2, -0.15) is 0 Å². The van der Waals surface area contributed by atoms with Crippen LogP contribution in [0.4, 0.5) is 0 Å². The topological polar surface area (TPSA) is 108 Å². The molecule has 2 atom stereocenters. The lowest BCUT2D eigenvalue weighted by Crippen LogP contribution is -2.40. The highest BCUT2D eigenvalue weighted by molar-refractivity contribution is 5.71. The summed E-state index contributed by atoms with van der Waals surface area (Å²) in [5, 5.41) is 9.72. The van der Waals surface area contributed by atoms with Gasteiger partial charge in [-0.05, 0) is 116 Å². The van der Waals surface area contributed by atoms with E-state index in [0.29, 0.717) is 17.4 Å². The summed E-state index contributed by atoms with van der Waals surface area (Å²) in [6.07, 6.45) is 86.5. The first kappa shape index (κ1) is 76.2. The zero-order valence-corrected chi connectivity index (χ0v) is 52.1. The number of quaternary nitrogens is 1. The highest BCUT2D eigenvalue weighted by Gasteiger charge is 2.25. The van der Waals surface area contributed by atoms with Crippen LogP contribution in [-0.2, 0) is 33.3 Å². The monoisotopic (exact) mass is 1120 g/mol. The second-order valence-electron chi connectivity index (χ2n) is 22.0. The lowest BCUT2D eigenvalue weighted by molar-refractivity contribution is -0.870. The van der Waals surface area contributed by atoms with Crippen LogP contribution in [0.3, 0.4) is 0 Å². The van der Waals surface area contributed by atoms with Crippen LogP contribution in [0, 0.1) is 0 Å². The average Bonchev–Trinajstić information content (AvgIpc) is 3.44. The highest BCUT2D eigenvalue weighted by Crippen LogP contribution is 2.15. The number of rotatable bonds is 57. The van der Waals surface area contributed by atoms with Crippen LogP contribution in [0.15, 0.2) is 146 Å². The van der Waals surface area contributed by atoms with E-state index in [0.717, 1.165) is 135 Å². The summed E-state index contributed by atoms with van der Waals surface area (Å²) in [6, 6.07) is 0. The Morgan fingerprint density at radius 1 is 0.370 bits per heavy atom. The molecular formula is C72H118NO8+. The van der Waals surface area contributed by atoms with Crippen molar-refractivity contribution in [3.63, 3.8) is 0 Å². The van der Waals surface area contributed by atoms with Crippen LogP contribution < -0.4 is 0 Å². The minimum absolute atomic E-state index is 0.178. The van der Waals surface area contributed by atoms with Crippen molar-refractivity contribution in [1.82, 2.24) is 0 Å². The molecule has 0 saturated carbocycles. The van der Waals surface area contributed by atoms with E-state index in [1.165, 1.54) is 64.2 Å². The van der Waals surface area contributed by atoms with Gasteiger partial charge in [0, 0.05) is 12.8 Å². The van der Waals surface area contributed by atoms with Crippen molar-refractivity contribution in [2.24, 2.45) is 0 Å². The zero-order chi connectivity index (χ0) is 59.1. The van der Waals surface area contributed by atoms with Crippen molar-refractivity contribution in [1.29, 1.82) is 0 Å². The van der Waals surface area contributed by atoms with Gasteiger partial charge >= 0.3 is 17.9 Å². The number of carboxylic acid groups (broad SMARTS) is 1. The third kappa shape index (κ3) is 62.6. The molecule has 0 rings (SSSR count). The Kier molecular flexibility index (Phi) is 57.6. The normalized spacial score (nSPS) is 13.7. The number of carbonyl (C=O) groups is 3. The smallest absolute Gasteiger partial charge is 0.361 e. The van der Waals surface area contributed by atoms with Gasteiger partial charge in [0.2, 0.25) is 0 Å². The number of ether oxygens (including phenoxy) is 4. The van der Waals surface area contributed by atoms with Gasteiger partial charge in [-0.3, -0.25) is 9.59 Å². The van der Waals surface area contributed by atoms with Crippen LogP contribution in [0.2, 0.25) is 0 Å². The second kappa shape index (κ2) is 61.2. The third-order valence-electron chi connectivity index (χ3n) is 13.1. The van der Waals surface area contributed by atoms with Crippen molar-refractivity contribution < 1.29 is 42.9 Å². The molecule has 9 nitrogen and oxygen atoms in total. The molecule has 0 aromatic carbocycles. The summed E-state index contributed by atoms with van der Waals surface area (Å²) in [4.78, 5) is 37.5. The quantitative estimate of drug-likeness (QED) is 0.0211. The maximum absolute atomic E-state index is 12.9. The Bertz CT molecular complexity index is 1840. The van der Waals surface area contributed by atoms with Crippen molar-refractivity contribution in [3.8, 4) is 0 Å². The third-order valence-corrected chi connectivity index (χ3v) is 13.1. The van der Waals surface area contributed by atoms with Gasteiger partial charge < -0.3 is 28.5 Å². The molecular weight excluding hydrogens is 1010 g/mol. The molecule has 0 aliphatic carbocycles. The number of esters is 2. The zero-order valence-electron chi connectivity index (χ0n) is 52.1. The maximum atomic E-state index is 12.9. The molecule has 9 heteroatoms. The van der Waals surface area contributed by atoms with Gasteiger partial charge in [-0.1, -0.05) is 250 Å². The van der Waals surface area contributed by atoms with E-state index in [1.54, 1.807) is 0 Å². The Labute approximate surface area is 496 Å². The lowest BCUT2D eigenvalue weighted by Gasteiger charge is -2.25. The van der Waals surface area contributed by atoms with Crippen molar-refractivity contribution >= 4 is 17.9 Å². The average molecular weight is 1130 g/mol. The molecule has 0 aromatic rings. The molecule has 2 unspecified atom stereocenters. The van der Waals surface area contributed by atoms with Gasteiger partial charge in [0.15, 0.2) is 6.10 Å². The van der Waals surface area contributed by atoms with Gasteiger partial charge in [-0.15, -0.1) is 0 Å². The van der Waals surface area contributed by atoms with Gasteiger partial charge in [0.1, 0.15) is 13.2 Å². The van der Waals surface area contributed by atoms with E-state index in [4.69, 9.17) is 18.9 Å². The van der Waals surface area contributed by atoms with E-state index in [-0.39, 0.29) is 38.6 Å². The number of carbonyl (C=O) groups excluding carboxylic acids is 2. The number of carboxylic acids is 1. The number of aliphatic carboxylic acids is 1. The fraction of sp³-hybridized carbons (Fsp3) is 0.625. The fourth-order valence-electron chi connectivity index (χ4n) is 8.26. The second-order valence-corrected chi connectivity index (χ2v) is 22.0. The highest BCUT2D eigenvalue weighted by atomic mass is 16.7. The number of nitrogens with zero attached hydrogens (tertiary/aromatic N) is 1. The van der Waals surface area contributed by atoms with Gasteiger partial charge in [0.25, 0.3) is 6.29 Å². The summed E-state index contributed by atoms with van der Waals surface area (Å²) in [5.74, 6) is -2.03. The van der Waals surface area contributed by atoms with Crippen LogP contribution in [0.1, 0.15) is 232 Å². The van der Waals surface area contributed by atoms with Crippen molar-refractivity contribution in [3.05, 3.63) is 146 Å². The van der Waals surface area contributed by atoms with Crippen LogP contribution in [0.5, 0.6) is 0 Å². The Morgan fingerprint density at radius 3 is 0.988 bits per heavy atom. The summed E-state index contributed by atoms with van der Waals surface area (Å²) < 4.78 is 22.9. The number of allylic oxidation sites excluding steroid dienone is 24. The first-order valence-electron chi connectivity index (χ1n) is 32.0. The molecule has 0 fully saturated rings. The summed E-state index contributed by atoms with van der Waals surface area (Å²) in [5.41, 5.74) is 0. The number of likely N-dealkylation sites (N-methyl/N-ethyl adjacent to an activating group) is 1. The van der Waals surface area contributed by atoms with E-state index in [2.05, 4.69) is 160 Å². The summed E-state index contributed by atoms with van der Waals surface area (Å²) in [7, 11) is 5.96. The molecule has 0 aliphatic rings. The molecule has 458 valence electrons. The molecule has 81 heavy (non-hydrogen) atoms. The lowest BCUT2D eigenvalue weighted by atomic mass is 10.0. The molecule has 0 spiro atoms. The van der Waals surface area contributed by atoms with Crippen LogP contribution in [-0.4, -0.2) is 87.4 Å². The van der Waals surface area contributed by atoms with Crippen LogP contribution >= 0.6 is 0 Å². The Hall–Kier alpha value is -4.83. The van der Waals surface area contributed by atoms with Crippen molar-refractivity contribution in [2.45, 2.75) is 245 Å². The predicted octanol–water partition coefficient (Wildman–Crippen LogP) is 19.6. The van der Waals surface area contributed by atoms with E-state index >= 15 is 0 Å². The minimum atomic E-state index is -1.52. The first-order valence-corrected chi connectivity index (χ1v) is 32.0. The molecule has 0 heterocycles. The van der Waals surface area contributed by atoms with E-state index in [9.17, 15) is 19.5 Å². The molecule has 0 aliphatic heterocycles. The largest absolute Gasteiger partial charge is 0.477 e. The first-order chi connectivity index (χ1) is 39.6. The number of hydrogen-bond acceptors (Lipinski definition) is 7. The van der Waals surface area contributed by atoms with Gasteiger partial charge in [0.05, 0.1) is 34.4 Å². The molecule has 0 radical (unpaired) electrons. The maximum Gasteiger partial charge on any atom is 0.361 e. The molecule has 0 aromatic heterocycles. The Morgan fingerprint density at radius 2 is 0.667 bits per heavy atom. The summed E-state index contributed by atoms with van der Waals surface area (Å²) in [6.45, 7) is 4.62. The minimum Gasteiger partial charge on any atom is -0.477 e. The van der Waals surface area contributed by atoms with Crippen molar-refractivity contribution in [2.75, 3.05) is 47.5 Å². The Balaban J connectivity index is 4.16. The van der Waals surface area contributed by atoms with Gasteiger partial charge in [-0.25, -0.2) is 4.79 Å². The van der Waals surface area contributed by atoms with Crippen LogP contribution in [0.25, 0.3) is 0 Å². The number of unbranched alkanes of at least 4 members (excludes halogenated alkanes) is 18. The molecule has 1 N–H and O–H groups in total.